The van der Waals surface area contributed by atoms with Crippen molar-refractivity contribution in [3.05, 3.63) is 58.6 Å². The summed E-state index contributed by atoms with van der Waals surface area (Å²) in [4.78, 5) is 11.4. The molecule has 5 heteroatoms. The third kappa shape index (κ3) is 4.37. The van der Waals surface area contributed by atoms with Gasteiger partial charge in [-0.1, -0.05) is 36.7 Å². The fourth-order valence-electron chi connectivity index (χ4n) is 2.03. The van der Waals surface area contributed by atoms with Crippen molar-refractivity contribution in [2.24, 2.45) is 0 Å². The minimum atomic E-state index is -0.338. The van der Waals surface area contributed by atoms with Gasteiger partial charge in [0.1, 0.15) is 0 Å². The Morgan fingerprint density at radius 2 is 1.92 bits per heavy atom. The molecule has 2 aromatic carbocycles. The van der Waals surface area contributed by atoms with E-state index in [0.29, 0.717) is 22.1 Å². The third-order valence-electron chi connectivity index (χ3n) is 3.29. The van der Waals surface area contributed by atoms with Crippen molar-refractivity contribution in [1.82, 2.24) is 0 Å². The Morgan fingerprint density at radius 3 is 2.50 bits per heavy atom. The van der Waals surface area contributed by atoms with Crippen LogP contribution in [-0.2, 0) is 4.79 Å². The van der Waals surface area contributed by atoms with Crippen LogP contribution in [0.15, 0.2) is 42.5 Å². The summed E-state index contributed by atoms with van der Waals surface area (Å²) in [5, 5.41) is 10.0. The summed E-state index contributed by atoms with van der Waals surface area (Å²) in [7, 11) is 1.50. The molecule has 0 bridgehead atoms. The molecule has 0 aliphatic heterocycles. The fraction of sp³-hybridized carbons (Fsp3) is 0.158. The molecule has 0 N–H and O–H groups in total. The number of hydrogen-bond donors (Lipinski definition) is 0. The lowest BCUT2D eigenvalue weighted by Crippen LogP contribution is -2.06. The topological polar surface area (TPSA) is 59.3 Å². The largest absolute Gasteiger partial charge is 0.493 e. The molecule has 0 saturated carbocycles. The lowest BCUT2D eigenvalue weighted by atomic mass is 10.0. The predicted octanol–water partition coefficient (Wildman–Crippen LogP) is 4.73. The summed E-state index contributed by atoms with van der Waals surface area (Å²) < 4.78 is 10.5. The minimum Gasteiger partial charge on any atom is -0.493 e. The molecule has 24 heavy (non-hydrogen) atoms. The van der Waals surface area contributed by atoms with Gasteiger partial charge in [0.2, 0.25) is 0 Å². The van der Waals surface area contributed by atoms with Gasteiger partial charge in [0.05, 0.1) is 18.8 Å². The lowest BCUT2D eigenvalue weighted by Gasteiger charge is -2.09. The van der Waals surface area contributed by atoms with Crippen molar-refractivity contribution in [3.63, 3.8) is 0 Å². The normalized spacial score (nSPS) is 10.8. The summed E-state index contributed by atoms with van der Waals surface area (Å²) in [6.07, 6.45) is 2.01. The molecule has 0 spiro atoms. The van der Waals surface area contributed by atoms with Gasteiger partial charge >= 0.3 is 5.97 Å². The van der Waals surface area contributed by atoms with E-state index in [0.717, 1.165) is 11.1 Å². The first kappa shape index (κ1) is 17.6. The molecule has 2 rings (SSSR count). The second kappa shape index (κ2) is 8.19. The highest BCUT2D eigenvalue weighted by Gasteiger charge is 2.10. The Bertz CT molecular complexity index is 804. The average Bonchev–Trinajstić information content (AvgIpc) is 2.61. The molecule has 0 unspecified atom stereocenters. The molecule has 0 atom stereocenters. The van der Waals surface area contributed by atoms with Crippen LogP contribution in [0.3, 0.4) is 0 Å². The van der Waals surface area contributed by atoms with Gasteiger partial charge in [0.25, 0.3) is 0 Å². The third-order valence-corrected chi connectivity index (χ3v) is 3.54. The van der Waals surface area contributed by atoms with Crippen molar-refractivity contribution in [3.8, 4) is 17.6 Å². The monoisotopic (exact) mass is 341 g/mol. The summed E-state index contributed by atoms with van der Waals surface area (Å²) in [5.41, 5.74) is 2.02. The van der Waals surface area contributed by atoms with Crippen molar-refractivity contribution in [2.45, 2.75) is 13.3 Å². The molecule has 122 valence electrons. The van der Waals surface area contributed by atoms with Crippen LogP contribution in [-0.4, -0.2) is 13.1 Å². The maximum Gasteiger partial charge on any atom is 0.311 e. The van der Waals surface area contributed by atoms with Gasteiger partial charge in [0.15, 0.2) is 11.5 Å². The van der Waals surface area contributed by atoms with Crippen LogP contribution < -0.4 is 9.47 Å². The van der Waals surface area contributed by atoms with Crippen molar-refractivity contribution < 1.29 is 14.3 Å². The van der Waals surface area contributed by atoms with Gasteiger partial charge < -0.3 is 9.47 Å². The van der Waals surface area contributed by atoms with Crippen LogP contribution in [0.1, 0.15) is 24.5 Å². The molecule has 0 radical (unpaired) electrons. The maximum atomic E-state index is 11.4. The van der Waals surface area contributed by atoms with E-state index in [2.05, 4.69) is 6.07 Å². The summed E-state index contributed by atoms with van der Waals surface area (Å²) >= 11 is 5.87. The fourth-order valence-corrected chi connectivity index (χ4v) is 2.16. The van der Waals surface area contributed by atoms with Gasteiger partial charge in [-0.15, -0.1) is 0 Å². The number of hydrogen-bond acceptors (Lipinski definition) is 4. The predicted molar refractivity (Wildman–Crippen MR) is 93.9 cm³/mol. The highest BCUT2D eigenvalue weighted by molar-refractivity contribution is 6.30. The van der Waals surface area contributed by atoms with Crippen molar-refractivity contribution >= 4 is 29.2 Å². The Morgan fingerprint density at radius 1 is 1.21 bits per heavy atom. The van der Waals surface area contributed by atoms with Crippen molar-refractivity contribution in [2.75, 3.05) is 7.11 Å². The first-order valence-electron chi connectivity index (χ1n) is 7.33. The van der Waals surface area contributed by atoms with E-state index >= 15 is 0 Å². The molecular weight excluding hydrogens is 326 g/mol. The second-order valence-electron chi connectivity index (χ2n) is 4.91. The molecule has 0 heterocycles. The Hall–Kier alpha value is -2.77. The second-order valence-corrected chi connectivity index (χ2v) is 5.35. The Balaban J connectivity index is 2.35. The van der Waals surface area contributed by atoms with E-state index in [1.807, 2.05) is 0 Å². The standard InChI is InChI=1S/C19H16ClNO3/c1-3-19(22)24-17-9-4-13(11-18(17)23-2)10-15(12-21)14-5-7-16(20)8-6-14/h4-11H,3H2,1-2H3/b15-10-. The number of allylic oxidation sites excluding steroid dienone is 1. The van der Waals surface area contributed by atoms with Gasteiger partial charge in [-0.05, 0) is 41.5 Å². The van der Waals surface area contributed by atoms with Gasteiger partial charge in [0, 0.05) is 11.4 Å². The van der Waals surface area contributed by atoms with E-state index in [9.17, 15) is 10.1 Å². The summed E-state index contributed by atoms with van der Waals surface area (Å²) in [6, 6.07) is 14.3. The zero-order chi connectivity index (χ0) is 17.5. The zero-order valence-corrected chi connectivity index (χ0v) is 14.1. The van der Waals surface area contributed by atoms with Gasteiger partial charge in [-0.2, -0.15) is 5.26 Å². The maximum absolute atomic E-state index is 11.4. The number of esters is 1. The average molecular weight is 342 g/mol. The Labute approximate surface area is 145 Å². The highest BCUT2D eigenvalue weighted by atomic mass is 35.5. The molecule has 2 aromatic rings. The van der Waals surface area contributed by atoms with Gasteiger partial charge in [-0.3, -0.25) is 4.79 Å². The number of nitrogens with zero attached hydrogens (tertiary/aromatic N) is 1. The Kier molecular flexibility index (Phi) is 6.00. The minimum absolute atomic E-state index is 0.278. The smallest absolute Gasteiger partial charge is 0.311 e. The molecular formula is C19H16ClNO3. The number of ether oxygens (including phenoxy) is 2. The van der Waals surface area contributed by atoms with Crippen molar-refractivity contribution in [1.29, 1.82) is 5.26 Å². The van der Waals surface area contributed by atoms with Crippen LogP contribution in [0.4, 0.5) is 0 Å². The van der Waals surface area contributed by atoms with Crippen LogP contribution in [0, 0.1) is 11.3 Å². The van der Waals surface area contributed by atoms with E-state index < -0.39 is 0 Å². The van der Waals surface area contributed by atoms with Crippen LogP contribution in [0.2, 0.25) is 5.02 Å². The molecule has 0 aliphatic carbocycles. The molecule has 0 aliphatic rings. The SMILES string of the molecule is CCC(=O)Oc1ccc(/C=C(/C#N)c2ccc(Cl)cc2)cc1OC. The first-order valence-corrected chi connectivity index (χ1v) is 7.71. The van der Waals surface area contributed by atoms with Gasteiger partial charge in [-0.25, -0.2) is 0 Å². The number of carbonyl (C=O) groups excluding carboxylic acids is 1. The molecule has 0 aromatic heterocycles. The number of benzene rings is 2. The number of methoxy groups -OCH3 is 1. The quantitative estimate of drug-likeness (QED) is 0.341. The lowest BCUT2D eigenvalue weighted by molar-refractivity contribution is -0.134. The van der Waals surface area contributed by atoms with E-state index in [1.54, 1.807) is 55.5 Å². The number of halogens is 1. The highest BCUT2D eigenvalue weighted by Crippen LogP contribution is 2.30. The van der Waals surface area contributed by atoms with E-state index in [4.69, 9.17) is 21.1 Å². The molecule has 0 amide bonds. The zero-order valence-electron chi connectivity index (χ0n) is 13.4. The molecule has 0 saturated heterocycles. The van der Waals surface area contributed by atoms with Crippen LogP contribution in [0.5, 0.6) is 11.5 Å². The van der Waals surface area contributed by atoms with E-state index in [-0.39, 0.29) is 12.4 Å². The first-order chi connectivity index (χ1) is 11.6. The van der Waals surface area contributed by atoms with E-state index in [1.165, 1.54) is 7.11 Å². The number of carbonyl (C=O) groups is 1. The summed E-state index contributed by atoms with van der Waals surface area (Å²) in [5.74, 6) is 0.445. The molecule has 0 fully saturated rings. The molecule has 4 nitrogen and oxygen atoms in total. The van der Waals surface area contributed by atoms with Crippen LogP contribution >= 0.6 is 11.6 Å². The summed E-state index contributed by atoms with van der Waals surface area (Å²) in [6.45, 7) is 1.72. The number of rotatable bonds is 5. The van der Waals surface area contributed by atoms with Crippen LogP contribution in [0.25, 0.3) is 11.6 Å². The number of nitriles is 1.